The monoisotopic (exact) mass is 435 g/mol. The molecule has 1 fully saturated rings. The summed E-state index contributed by atoms with van der Waals surface area (Å²) >= 11 is 0. The molecule has 1 aliphatic heterocycles. The highest BCUT2D eigenvalue weighted by atomic mass is 32.3. The van der Waals surface area contributed by atoms with Gasteiger partial charge in [-0.15, -0.1) is 0 Å². The van der Waals surface area contributed by atoms with Gasteiger partial charge in [-0.25, -0.2) is 4.18 Å². The smallest absolute Gasteiger partial charge is 0.376 e. The summed E-state index contributed by atoms with van der Waals surface area (Å²) in [5, 5.41) is 0. The van der Waals surface area contributed by atoms with Crippen LogP contribution in [0.4, 0.5) is 0 Å². The first-order chi connectivity index (χ1) is 13.9. The number of rotatable bonds is 18. The molecule has 7 heteroatoms. The molecule has 0 radical (unpaired) electrons. The molecule has 0 aromatic rings. The lowest BCUT2D eigenvalue weighted by atomic mass is 10.0. The van der Waals surface area contributed by atoms with Gasteiger partial charge in [0.05, 0.1) is 13.2 Å². The van der Waals surface area contributed by atoms with Crippen molar-refractivity contribution in [3.05, 3.63) is 0 Å². The quantitative estimate of drug-likeness (QED) is 0.219. The van der Waals surface area contributed by atoms with Crippen molar-refractivity contribution in [3.8, 4) is 0 Å². The molecule has 0 saturated carbocycles. The van der Waals surface area contributed by atoms with Crippen LogP contribution in [-0.4, -0.2) is 49.9 Å². The molecule has 1 rings (SSSR count). The fourth-order valence-electron chi connectivity index (χ4n) is 4.17. The molecule has 29 heavy (non-hydrogen) atoms. The highest BCUT2D eigenvalue weighted by molar-refractivity contribution is 7.80. The maximum atomic E-state index is 11.3. The molecule has 0 spiro atoms. The molecule has 1 aliphatic rings. The van der Waals surface area contributed by atoms with Gasteiger partial charge >= 0.3 is 10.4 Å². The van der Waals surface area contributed by atoms with E-state index in [1.165, 1.54) is 77.0 Å². The molecule has 174 valence electrons. The minimum Gasteiger partial charge on any atom is -0.376 e. The Bertz CT molecular complexity index is 499. The van der Waals surface area contributed by atoms with Gasteiger partial charge in [0.1, 0.15) is 0 Å². The van der Waals surface area contributed by atoms with E-state index in [2.05, 4.69) is 6.92 Å². The molecule has 0 aromatic carbocycles. The van der Waals surface area contributed by atoms with Crippen LogP contribution >= 0.6 is 0 Å². The molecular weight excluding hydrogens is 390 g/mol. The Morgan fingerprint density at radius 2 is 1.34 bits per heavy atom. The molecule has 0 bridgehead atoms. The third-order valence-corrected chi connectivity index (χ3v) is 6.52. The summed E-state index contributed by atoms with van der Waals surface area (Å²) in [5.41, 5.74) is -1.07. The molecule has 1 N–H and O–H groups in total. The molecule has 0 amide bonds. The third kappa shape index (κ3) is 12.3. The van der Waals surface area contributed by atoms with Crippen LogP contribution in [0.2, 0.25) is 0 Å². The molecule has 0 aliphatic carbocycles. The van der Waals surface area contributed by atoms with Crippen molar-refractivity contribution in [1.82, 2.24) is 4.90 Å². The average Bonchev–Trinajstić information content (AvgIpc) is 2.68. The van der Waals surface area contributed by atoms with E-state index in [0.717, 1.165) is 19.4 Å². The fourth-order valence-corrected chi connectivity index (χ4v) is 4.84. The van der Waals surface area contributed by atoms with E-state index in [1.807, 2.05) is 11.8 Å². The topological polar surface area (TPSA) is 76.1 Å². The number of unbranched alkanes of at least 4 members (excludes halogenated alkanes) is 13. The van der Waals surface area contributed by atoms with Crippen molar-refractivity contribution in [1.29, 1.82) is 0 Å². The number of nitrogens with zero attached hydrogens (tertiary/aromatic N) is 1. The summed E-state index contributed by atoms with van der Waals surface area (Å²) < 4.78 is 42.1. The van der Waals surface area contributed by atoms with Gasteiger partial charge in [-0.05, 0) is 12.8 Å². The van der Waals surface area contributed by atoms with E-state index in [9.17, 15) is 8.42 Å². The average molecular weight is 436 g/mol. The van der Waals surface area contributed by atoms with Crippen LogP contribution in [0.5, 0.6) is 0 Å². The number of ether oxygens (including phenoxy) is 1. The molecule has 1 heterocycles. The predicted molar refractivity (Wildman–Crippen MR) is 118 cm³/mol. The van der Waals surface area contributed by atoms with Crippen molar-refractivity contribution in [2.75, 3.05) is 26.3 Å². The Labute approximate surface area is 179 Å². The lowest BCUT2D eigenvalue weighted by Gasteiger charge is -2.44. The van der Waals surface area contributed by atoms with Crippen molar-refractivity contribution in [3.63, 3.8) is 0 Å². The maximum Gasteiger partial charge on any atom is 0.399 e. The molecule has 1 atom stereocenters. The van der Waals surface area contributed by atoms with E-state index in [4.69, 9.17) is 13.5 Å². The Morgan fingerprint density at radius 1 is 0.862 bits per heavy atom. The lowest BCUT2D eigenvalue weighted by molar-refractivity contribution is -0.175. The number of morpholine rings is 1. The third-order valence-electron chi connectivity index (χ3n) is 6.00. The van der Waals surface area contributed by atoms with Crippen LogP contribution in [0.15, 0.2) is 0 Å². The lowest BCUT2D eigenvalue weighted by Crippen LogP contribution is -2.59. The van der Waals surface area contributed by atoms with E-state index in [1.54, 1.807) is 0 Å². The normalized spacial score (nSPS) is 20.9. The zero-order valence-electron chi connectivity index (χ0n) is 18.9. The first-order valence-electron chi connectivity index (χ1n) is 11.9. The van der Waals surface area contributed by atoms with Crippen LogP contribution < -0.4 is 0 Å². The van der Waals surface area contributed by atoms with Crippen LogP contribution in [0.3, 0.4) is 0 Å². The summed E-state index contributed by atoms with van der Waals surface area (Å²) in [7, 11) is -4.51. The molecule has 1 unspecified atom stereocenters. The van der Waals surface area contributed by atoms with Gasteiger partial charge in [0, 0.05) is 13.1 Å². The van der Waals surface area contributed by atoms with E-state index >= 15 is 0 Å². The number of hydrogen-bond donors (Lipinski definition) is 1. The highest BCUT2D eigenvalue weighted by Crippen LogP contribution is 2.28. The molecule has 0 aromatic heterocycles. The Balaban J connectivity index is 2.07. The van der Waals surface area contributed by atoms with Crippen molar-refractivity contribution in [2.45, 2.75) is 116 Å². The molecular formula is C22H45NO5S. The zero-order chi connectivity index (χ0) is 21.4. The minimum atomic E-state index is -4.51. The largest absolute Gasteiger partial charge is 0.399 e. The summed E-state index contributed by atoms with van der Waals surface area (Å²) in [5.74, 6) is 0. The summed E-state index contributed by atoms with van der Waals surface area (Å²) in [6.07, 6.45) is 18.8. The Morgan fingerprint density at radius 3 is 1.79 bits per heavy atom. The van der Waals surface area contributed by atoms with Crippen molar-refractivity contribution < 1.29 is 21.9 Å². The summed E-state index contributed by atoms with van der Waals surface area (Å²) in [6, 6.07) is 0. The van der Waals surface area contributed by atoms with Crippen molar-refractivity contribution >= 4 is 10.4 Å². The summed E-state index contributed by atoms with van der Waals surface area (Å²) in [6.45, 7) is 6.25. The maximum absolute atomic E-state index is 11.3. The van der Waals surface area contributed by atoms with Gasteiger partial charge in [-0.1, -0.05) is 97.3 Å². The SMILES string of the molecule is CCCCCCCCCCCCCCCCN1CCOCC1(CC)OS(=O)(=O)O. The van der Waals surface area contributed by atoms with Crippen LogP contribution in [0.25, 0.3) is 0 Å². The zero-order valence-corrected chi connectivity index (χ0v) is 19.7. The summed E-state index contributed by atoms with van der Waals surface area (Å²) in [4.78, 5) is 2.02. The Hall–Kier alpha value is -0.210. The minimum absolute atomic E-state index is 0.169. The first kappa shape index (κ1) is 26.8. The first-order valence-corrected chi connectivity index (χ1v) is 13.3. The van der Waals surface area contributed by atoms with E-state index < -0.39 is 16.1 Å². The van der Waals surface area contributed by atoms with Crippen molar-refractivity contribution in [2.24, 2.45) is 0 Å². The van der Waals surface area contributed by atoms with Crippen LogP contribution in [0.1, 0.15) is 110 Å². The van der Waals surface area contributed by atoms with Gasteiger partial charge in [0.25, 0.3) is 0 Å². The second-order valence-electron chi connectivity index (χ2n) is 8.45. The fraction of sp³-hybridized carbons (Fsp3) is 1.00. The second-order valence-corrected chi connectivity index (χ2v) is 9.47. The standard InChI is InChI=1S/C22H45NO5S/c1-3-5-6-7-8-9-10-11-12-13-14-15-16-17-18-23-19-20-27-21-22(23,4-2)28-29(24,25)26/h3-21H2,1-2H3,(H,24,25,26). The second kappa shape index (κ2) is 15.6. The molecule has 6 nitrogen and oxygen atoms in total. The van der Waals surface area contributed by atoms with Gasteiger partial charge in [0.15, 0.2) is 5.72 Å². The van der Waals surface area contributed by atoms with E-state index in [-0.39, 0.29) is 6.61 Å². The van der Waals surface area contributed by atoms with Gasteiger partial charge in [-0.3, -0.25) is 9.45 Å². The van der Waals surface area contributed by atoms with Gasteiger partial charge in [0.2, 0.25) is 0 Å². The highest BCUT2D eigenvalue weighted by Gasteiger charge is 2.42. The van der Waals surface area contributed by atoms with Gasteiger partial charge in [-0.2, -0.15) is 8.42 Å². The van der Waals surface area contributed by atoms with Crippen LogP contribution in [0, 0.1) is 0 Å². The van der Waals surface area contributed by atoms with Gasteiger partial charge < -0.3 is 4.74 Å². The Kier molecular flexibility index (Phi) is 14.4. The molecule has 1 saturated heterocycles. The van der Waals surface area contributed by atoms with Crippen LogP contribution in [-0.2, 0) is 19.3 Å². The number of hydrogen-bond acceptors (Lipinski definition) is 5. The van der Waals surface area contributed by atoms with E-state index in [0.29, 0.717) is 19.6 Å². The predicted octanol–water partition coefficient (Wildman–Crippen LogP) is 5.73.